The van der Waals surface area contributed by atoms with Crippen LogP contribution in [0.15, 0.2) is 30.3 Å². The van der Waals surface area contributed by atoms with Gasteiger partial charge in [-0.25, -0.2) is 0 Å². The maximum atomic E-state index is 14.6. The average Bonchev–Trinajstić information content (AvgIpc) is 2.95. The first-order valence-electron chi connectivity index (χ1n) is 15.3. The van der Waals surface area contributed by atoms with Gasteiger partial charge in [0.1, 0.15) is 11.7 Å². The number of amides is 1. The second-order valence-corrected chi connectivity index (χ2v) is 13.5. The number of carbonyl (C=O) groups excluding carboxylic acids is 5. The van der Waals surface area contributed by atoms with Crippen LogP contribution in [0.5, 0.6) is 5.75 Å². The summed E-state index contributed by atoms with van der Waals surface area (Å²) in [6, 6.07) is 9.66. The molecule has 2 saturated carbocycles. The van der Waals surface area contributed by atoms with Gasteiger partial charge in [0, 0.05) is 30.9 Å². The van der Waals surface area contributed by atoms with Crippen LogP contribution in [-0.4, -0.2) is 84.4 Å². The van der Waals surface area contributed by atoms with Crippen molar-refractivity contribution in [1.29, 1.82) is 5.26 Å². The summed E-state index contributed by atoms with van der Waals surface area (Å²) >= 11 is 0. The summed E-state index contributed by atoms with van der Waals surface area (Å²) in [7, 11) is 6.47. The van der Waals surface area contributed by atoms with Gasteiger partial charge in [-0.15, -0.1) is 0 Å². The molecule has 3 aliphatic rings. The molecule has 0 radical (unpaired) electrons. The van der Waals surface area contributed by atoms with E-state index in [1.807, 2.05) is 24.3 Å². The van der Waals surface area contributed by atoms with Crippen LogP contribution in [-0.2, 0) is 32.0 Å². The average molecular weight is 629 g/mol. The van der Waals surface area contributed by atoms with Crippen LogP contribution in [0, 0.1) is 28.6 Å². The SMILES string of the molecule is CCCCc1ccc(-c2cc(N(C)C)c3c(c2O)C(=O)C2C(=O)[C@]4(C#N)C(=O)C(C(N)=O)C(=O)[C@@H](N(C)C)[C@]4(N)C[C@]2(N)C3)cc1. The molecule has 242 valence electrons. The number of hydrogen-bond donors (Lipinski definition) is 4. The molecule has 0 bridgehead atoms. The van der Waals surface area contributed by atoms with Gasteiger partial charge in [0.15, 0.2) is 34.5 Å². The minimum Gasteiger partial charge on any atom is -0.507 e. The van der Waals surface area contributed by atoms with Crippen LogP contribution in [0.2, 0.25) is 0 Å². The number of rotatable bonds is 7. The second kappa shape index (κ2) is 11.1. The van der Waals surface area contributed by atoms with E-state index < -0.39 is 69.8 Å². The molecule has 0 aliphatic heterocycles. The first-order chi connectivity index (χ1) is 21.5. The molecule has 2 unspecified atom stereocenters. The van der Waals surface area contributed by atoms with Crippen LogP contribution in [0.1, 0.15) is 47.7 Å². The van der Waals surface area contributed by atoms with Crippen LogP contribution in [0.4, 0.5) is 5.69 Å². The van der Waals surface area contributed by atoms with Crippen molar-refractivity contribution in [1.82, 2.24) is 4.90 Å². The maximum absolute atomic E-state index is 14.6. The summed E-state index contributed by atoms with van der Waals surface area (Å²) in [5, 5.41) is 22.3. The zero-order valence-electron chi connectivity index (χ0n) is 26.7. The van der Waals surface area contributed by atoms with E-state index in [2.05, 4.69) is 6.92 Å². The fourth-order valence-corrected chi connectivity index (χ4v) is 8.11. The molecule has 3 aliphatic carbocycles. The van der Waals surface area contributed by atoms with Gasteiger partial charge < -0.3 is 27.2 Å². The number of aryl methyl sites for hydroxylation is 1. The highest BCUT2D eigenvalue weighted by atomic mass is 16.3. The number of primary amides is 1. The van der Waals surface area contributed by atoms with Crippen molar-refractivity contribution in [2.45, 2.75) is 56.1 Å². The zero-order valence-corrected chi connectivity index (χ0v) is 26.7. The molecular formula is C34H40N6O6. The Morgan fingerprint density at radius 2 is 1.70 bits per heavy atom. The second-order valence-electron chi connectivity index (χ2n) is 13.5. The number of fused-ring (bicyclic) bond motifs is 3. The van der Waals surface area contributed by atoms with Crippen molar-refractivity contribution in [3.05, 3.63) is 47.0 Å². The van der Waals surface area contributed by atoms with Crippen LogP contribution >= 0.6 is 0 Å². The van der Waals surface area contributed by atoms with Gasteiger partial charge in [0.05, 0.1) is 23.2 Å². The number of ketones is 4. The van der Waals surface area contributed by atoms with Gasteiger partial charge in [-0.2, -0.15) is 5.26 Å². The highest BCUT2D eigenvalue weighted by molar-refractivity contribution is 6.33. The molecule has 12 nitrogen and oxygen atoms in total. The molecule has 6 atom stereocenters. The molecule has 0 aromatic heterocycles. The molecule has 2 fully saturated rings. The van der Waals surface area contributed by atoms with E-state index in [1.165, 1.54) is 19.0 Å². The van der Waals surface area contributed by atoms with Crippen molar-refractivity contribution in [2.24, 2.45) is 34.5 Å². The van der Waals surface area contributed by atoms with Crippen LogP contribution < -0.4 is 22.1 Å². The number of Topliss-reactive ketones (excluding diaryl/α,β-unsaturated/α-hetero) is 4. The van der Waals surface area contributed by atoms with Gasteiger partial charge in [0.2, 0.25) is 5.91 Å². The molecule has 2 aromatic carbocycles. The predicted molar refractivity (Wildman–Crippen MR) is 170 cm³/mol. The van der Waals surface area contributed by atoms with Crippen molar-refractivity contribution >= 4 is 34.7 Å². The lowest BCUT2D eigenvalue weighted by molar-refractivity contribution is -0.166. The fraction of sp³-hybridized carbons (Fsp3) is 0.471. The number of hydrogen-bond acceptors (Lipinski definition) is 11. The molecule has 7 N–H and O–H groups in total. The third-order valence-corrected chi connectivity index (χ3v) is 10.1. The molecule has 46 heavy (non-hydrogen) atoms. The normalized spacial score (nSPS) is 30.4. The van der Waals surface area contributed by atoms with Gasteiger partial charge >= 0.3 is 0 Å². The van der Waals surface area contributed by atoms with E-state index >= 15 is 0 Å². The molecule has 0 spiro atoms. The number of likely N-dealkylation sites (N-methyl/N-ethyl adjacent to an activating group) is 1. The first-order valence-corrected chi connectivity index (χ1v) is 15.3. The summed E-state index contributed by atoms with van der Waals surface area (Å²) in [4.78, 5) is 72.3. The number of anilines is 1. The lowest BCUT2D eigenvalue weighted by Gasteiger charge is -2.60. The van der Waals surface area contributed by atoms with Gasteiger partial charge in [-0.3, -0.25) is 28.9 Å². The van der Waals surface area contributed by atoms with E-state index in [0.29, 0.717) is 22.4 Å². The van der Waals surface area contributed by atoms with Crippen LogP contribution in [0.3, 0.4) is 0 Å². The number of phenols is 1. The summed E-state index contributed by atoms with van der Waals surface area (Å²) in [6.45, 7) is 2.11. The number of unbranched alkanes of at least 4 members (excludes halogenated alkanes) is 1. The Bertz CT molecular complexity index is 1730. The highest BCUT2D eigenvalue weighted by Crippen LogP contribution is 2.57. The maximum Gasteiger partial charge on any atom is 0.235 e. The molecule has 12 heteroatoms. The third-order valence-electron chi connectivity index (χ3n) is 10.1. The molecule has 5 rings (SSSR count). The number of nitrogens with two attached hydrogens (primary N) is 3. The van der Waals surface area contributed by atoms with Gasteiger partial charge in [-0.05, 0) is 62.5 Å². The summed E-state index contributed by atoms with van der Waals surface area (Å²) in [6.07, 6.45) is 2.37. The Kier molecular flexibility index (Phi) is 7.96. The number of aromatic hydroxyl groups is 1. The van der Waals surface area contributed by atoms with Crippen molar-refractivity contribution < 1.29 is 29.1 Å². The standard InChI is InChI=1S/C34H40N6O6/c1-6-7-8-17-9-11-18(12-10-17)19-13-21(39(2)3)20-14-32(37)15-34(38)28(40(4)5)27(43)23(31(36)46)29(44)33(34,16-35)30(45)24(32)26(42)22(20)25(19)41/h9-13,23-24,28,41H,6-8,14-15,37-38H2,1-5H3,(H2,36,46)/t23?,24?,28-,32-,33+,34-/m1/s1. The quantitative estimate of drug-likeness (QED) is 0.316. The van der Waals surface area contributed by atoms with Crippen LogP contribution in [0.25, 0.3) is 11.1 Å². The Hall–Kier alpha value is -4.44. The predicted octanol–water partition coefficient (Wildman–Crippen LogP) is 0.884. The molecule has 2 aromatic rings. The van der Waals surface area contributed by atoms with Gasteiger partial charge in [-0.1, -0.05) is 37.6 Å². The monoisotopic (exact) mass is 628 g/mol. The smallest absolute Gasteiger partial charge is 0.235 e. The van der Waals surface area contributed by atoms with Crippen molar-refractivity contribution in [3.63, 3.8) is 0 Å². The van der Waals surface area contributed by atoms with Crippen molar-refractivity contribution in [2.75, 3.05) is 33.1 Å². The summed E-state index contributed by atoms with van der Waals surface area (Å²) in [5.74, 6) is -9.94. The lowest BCUT2D eigenvalue weighted by atomic mass is 9.42. The van der Waals surface area contributed by atoms with E-state index in [-0.39, 0.29) is 17.7 Å². The largest absolute Gasteiger partial charge is 0.507 e. The molecular weight excluding hydrogens is 588 g/mol. The Morgan fingerprint density at radius 1 is 1.07 bits per heavy atom. The summed E-state index contributed by atoms with van der Waals surface area (Å²) in [5.41, 5.74) is 15.5. The van der Waals surface area contributed by atoms with Gasteiger partial charge in [0.25, 0.3) is 0 Å². The number of benzene rings is 2. The topological polar surface area (TPSA) is 214 Å². The first kappa shape index (κ1) is 32.9. The van der Waals surface area contributed by atoms with E-state index in [4.69, 9.17) is 17.2 Å². The molecule has 1 amide bonds. The Labute approximate surface area is 267 Å². The highest BCUT2D eigenvalue weighted by Gasteiger charge is 2.78. The Balaban J connectivity index is 1.73. The number of nitrogens with zero attached hydrogens (tertiary/aromatic N) is 3. The molecule has 0 heterocycles. The minimum absolute atomic E-state index is 0.135. The van der Waals surface area contributed by atoms with Crippen molar-refractivity contribution in [3.8, 4) is 22.9 Å². The fourth-order valence-electron chi connectivity index (χ4n) is 8.11. The van der Waals surface area contributed by atoms with E-state index in [9.17, 15) is 34.3 Å². The lowest BCUT2D eigenvalue weighted by Crippen LogP contribution is -2.85. The third kappa shape index (κ3) is 4.33. The van der Waals surface area contributed by atoms with E-state index in [0.717, 1.165) is 24.8 Å². The summed E-state index contributed by atoms with van der Waals surface area (Å²) < 4.78 is 0. The van der Waals surface area contributed by atoms with E-state index in [1.54, 1.807) is 31.1 Å². The number of phenolic OH excluding ortho intramolecular Hbond substituents is 1. The minimum atomic E-state index is -2.79. The zero-order chi connectivity index (χ0) is 34.1. The number of carbonyl (C=O) groups is 5. The Morgan fingerprint density at radius 3 is 2.22 bits per heavy atom. The molecule has 0 saturated heterocycles. The number of nitriles is 1.